The molecule has 3 atom stereocenters. The van der Waals surface area contributed by atoms with Gasteiger partial charge in [0.2, 0.25) is 5.91 Å². The molecule has 4 rings (SSSR count). The number of carboxylic acids is 1. The van der Waals surface area contributed by atoms with Crippen molar-refractivity contribution in [3.63, 3.8) is 0 Å². The Bertz CT molecular complexity index is 1030. The molecule has 0 saturated carbocycles. The zero-order valence-corrected chi connectivity index (χ0v) is 19.9. The van der Waals surface area contributed by atoms with E-state index in [4.69, 9.17) is 14.6 Å². The monoisotopic (exact) mass is 480 g/mol. The molecule has 1 aliphatic heterocycles. The van der Waals surface area contributed by atoms with Crippen LogP contribution in [-0.2, 0) is 19.1 Å². The van der Waals surface area contributed by atoms with Crippen molar-refractivity contribution in [1.29, 1.82) is 0 Å². The first-order chi connectivity index (χ1) is 16.9. The minimum atomic E-state index is -0.834. The number of fused-ring (bicyclic) bond motifs is 3. The van der Waals surface area contributed by atoms with E-state index in [1.807, 2.05) is 31.2 Å². The number of alkyl carbamates (subject to hydrolysis) is 1. The molecule has 0 bridgehead atoms. The molecule has 0 aromatic heterocycles. The highest BCUT2D eigenvalue weighted by atomic mass is 16.5. The van der Waals surface area contributed by atoms with Crippen LogP contribution >= 0.6 is 0 Å². The topological polar surface area (TPSA) is 114 Å². The number of amides is 2. The second-order valence-electron chi connectivity index (χ2n) is 9.29. The van der Waals surface area contributed by atoms with Crippen LogP contribution in [0.15, 0.2) is 48.5 Å². The van der Waals surface area contributed by atoms with Crippen LogP contribution in [0.4, 0.5) is 4.79 Å². The predicted octanol–water partition coefficient (Wildman–Crippen LogP) is 3.69. The second kappa shape index (κ2) is 11.4. The smallest absolute Gasteiger partial charge is 0.407 e. The Morgan fingerprint density at radius 3 is 2.40 bits per heavy atom. The van der Waals surface area contributed by atoms with Crippen molar-refractivity contribution < 1.29 is 29.0 Å². The van der Waals surface area contributed by atoms with Crippen molar-refractivity contribution in [3.8, 4) is 11.1 Å². The standard InChI is InChI=1S/C27H32N2O6/c1-17(7-6-12-25(30)31)29-26(32)18-13-19(34-15-18)14-28-27(33)35-16-24-22-10-4-2-8-20(22)21-9-3-5-11-23(21)24/h2-5,8-11,17-19,24H,6-7,12-16H2,1H3,(H,28,33)(H,29,32)(H,30,31). The molecule has 0 radical (unpaired) electrons. The van der Waals surface area contributed by atoms with Gasteiger partial charge in [-0.15, -0.1) is 0 Å². The van der Waals surface area contributed by atoms with Crippen molar-refractivity contribution in [3.05, 3.63) is 59.7 Å². The van der Waals surface area contributed by atoms with Crippen LogP contribution in [0.25, 0.3) is 11.1 Å². The number of rotatable bonds is 10. The van der Waals surface area contributed by atoms with Gasteiger partial charge in [-0.1, -0.05) is 48.5 Å². The highest BCUT2D eigenvalue weighted by molar-refractivity contribution is 5.80. The maximum absolute atomic E-state index is 12.5. The Hall–Kier alpha value is -3.39. The third-order valence-corrected chi connectivity index (χ3v) is 6.69. The summed E-state index contributed by atoms with van der Waals surface area (Å²) in [4.78, 5) is 35.5. The summed E-state index contributed by atoms with van der Waals surface area (Å²) in [6, 6.07) is 16.3. The summed E-state index contributed by atoms with van der Waals surface area (Å²) in [6.45, 7) is 2.68. The van der Waals surface area contributed by atoms with Crippen molar-refractivity contribution in [2.45, 2.75) is 50.7 Å². The molecule has 3 unspecified atom stereocenters. The van der Waals surface area contributed by atoms with E-state index in [0.717, 1.165) is 11.1 Å². The van der Waals surface area contributed by atoms with E-state index in [0.29, 0.717) is 25.9 Å². The number of hydrogen-bond acceptors (Lipinski definition) is 5. The first kappa shape index (κ1) is 24.7. The Morgan fingerprint density at radius 1 is 1.09 bits per heavy atom. The molecular formula is C27H32N2O6. The fourth-order valence-corrected chi connectivity index (χ4v) is 4.87. The maximum Gasteiger partial charge on any atom is 0.407 e. The molecule has 2 aliphatic rings. The second-order valence-corrected chi connectivity index (χ2v) is 9.29. The molecule has 186 valence electrons. The average molecular weight is 481 g/mol. The van der Waals surface area contributed by atoms with Gasteiger partial charge in [0, 0.05) is 24.9 Å². The molecule has 2 aromatic rings. The highest BCUT2D eigenvalue weighted by Crippen LogP contribution is 2.44. The Morgan fingerprint density at radius 2 is 1.74 bits per heavy atom. The van der Waals surface area contributed by atoms with Crippen molar-refractivity contribution >= 4 is 18.0 Å². The van der Waals surface area contributed by atoms with Gasteiger partial charge in [-0.25, -0.2) is 4.79 Å². The quantitative estimate of drug-likeness (QED) is 0.478. The van der Waals surface area contributed by atoms with E-state index in [1.54, 1.807) is 0 Å². The zero-order chi connectivity index (χ0) is 24.8. The van der Waals surface area contributed by atoms with Crippen LogP contribution in [0.1, 0.15) is 49.7 Å². The van der Waals surface area contributed by atoms with E-state index in [1.165, 1.54) is 11.1 Å². The number of nitrogens with one attached hydrogen (secondary N) is 2. The normalized spacial score (nSPS) is 19.5. The predicted molar refractivity (Wildman–Crippen MR) is 130 cm³/mol. The van der Waals surface area contributed by atoms with Crippen LogP contribution in [-0.4, -0.2) is 55.0 Å². The van der Waals surface area contributed by atoms with Crippen molar-refractivity contribution in [2.75, 3.05) is 19.8 Å². The van der Waals surface area contributed by atoms with Crippen molar-refractivity contribution in [1.82, 2.24) is 10.6 Å². The lowest BCUT2D eigenvalue weighted by atomic mass is 9.98. The van der Waals surface area contributed by atoms with Crippen molar-refractivity contribution in [2.24, 2.45) is 5.92 Å². The van der Waals surface area contributed by atoms with Gasteiger partial charge in [-0.2, -0.15) is 0 Å². The summed E-state index contributed by atoms with van der Waals surface area (Å²) in [5.41, 5.74) is 4.67. The third-order valence-electron chi connectivity index (χ3n) is 6.69. The van der Waals surface area contributed by atoms with Gasteiger partial charge in [0.05, 0.1) is 18.6 Å². The van der Waals surface area contributed by atoms with E-state index < -0.39 is 12.1 Å². The highest BCUT2D eigenvalue weighted by Gasteiger charge is 2.32. The van der Waals surface area contributed by atoms with Crippen LogP contribution in [0.2, 0.25) is 0 Å². The molecule has 35 heavy (non-hydrogen) atoms. The molecule has 3 N–H and O–H groups in total. The summed E-state index contributed by atoms with van der Waals surface area (Å²) in [7, 11) is 0. The minimum Gasteiger partial charge on any atom is -0.481 e. The molecule has 2 amide bonds. The fraction of sp³-hybridized carbons (Fsp3) is 0.444. The van der Waals surface area contributed by atoms with E-state index in [2.05, 4.69) is 34.9 Å². The summed E-state index contributed by atoms with van der Waals surface area (Å²) >= 11 is 0. The van der Waals surface area contributed by atoms with Gasteiger partial charge in [-0.05, 0) is 48.4 Å². The van der Waals surface area contributed by atoms with Gasteiger partial charge in [-0.3, -0.25) is 9.59 Å². The number of carbonyl (C=O) groups is 3. The van der Waals surface area contributed by atoms with Crippen LogP contribution < -0.4 is 10.6 Å². The fourth-order valence-electron chi connectivity index (χ4n) is 4.87. The first-order valence-electron chi connectivity index (χ1n) is 12.1. The molecule has 0 spiro atoms. The van der Waals surface area contributed by atoms with E-state index in [9.17, 15) is 14.4 Å². The molecule has 1 aliphatic carbocycles. The largest absolute Gasteiger partial charge is 0.481 e. The lowest BCUT2D eigenvalue weighted by Crippen LogP contribution is -2.38. The minimum absolute atomic E-state index is 0.00134. The van der Waals surface area contributed by atoms with Gasteiger partial charge in [0.15, 0.2) is 0 Å². The number of aliphatic carboxylic acids is 1. The van der Waals surface area contributed by atoms with E-state index in [-0.39, 0.29) is 49.5 Å². The van der Waals surface area contributed by atoms with Crippen LogP contribution in [0, 0.1) is 5.92 Å². The SMILES string of the molecule is CC(CCCC(=O)O)NC(=O)C1COC(CNC(=O)OCC2c3ccccc3-c3ccccc32)C1. The van der Waals surface area contributed by atoms with Gasteiger partial charge >= 0.3 is 12.1 Å². The average Bonchev–Trinajstić information content (AvgIpc) is 3.44. The van der Waals surface area contributed by atoms with Crippen LogP contribution in [0.5, 0.6) is 0 Å². The van der Waals surface area contributed by atoms with Gasteiger partial charge in [0.25, 0.3) is 0 Å². The molecule has 8 heteroatoms. The van der Waals surface area contributed by atoms with Crippen LogP contribution in [0.3, 0.4) is 0 Å². The number of ether oxygens (including phenoxy) is 2. The number of benzene rings is 2. The lowest BCUT2D eigenvalue weighted by molar-refractivity contribution is -0.137. The number of carbonyl (C=O) groups excluding carboxylic acids is 2. The molecule has 1 fully saturated rings. The Labute approximate surface area is 205 Å². The molecule has 1 heterocycles. The zero-order valence-electron chi connectivity index (χ0n) is 19.9. The van der Waals surface area contributed by atoms with Gasteiger partial charge in [0.1, 0.15) is 6.61 Å². The van der Waals surface area contributed by atoms with Gasteiger partial charge < -0.3 is 25.2 Å². The maximum atomic E-state index is 12.5. The third kappa shape index (κ3) is 6.19. The summed E-state index contributed by atoms with van der Waals surface area (Å²) in [6.07, 6.45) is 0.973. The summed E-state index contributed by atoms with van der Waals surface area (Å²) in [5, 5.41) is 14.4. The molecule has 1 saturated heterocycles. The number of hydrogen-bond donors (Lipinski definition) is 3. The molecule has 2 aromatic carbocycles. The first-order valence-corrected chi connectivity index (χ1v) is 12.1. The Balaban J connectivity index is 1.19. The number of carboxylic acid groups (broad SMARTS) is 1. The summed E-state index contributed by atoms with van der Waals surface area (Å²) in [5.74, 6) is -1.22. The lowest BCUT2D eigenvalue weighted by Gasteiger charge is -2.16. The van der Waals surface area contributed by atoms with E-state index >= 15 is 0 Å². The summed E-state index contributed by atoms with van der Waals surface area (Å²) < 4.78 is 11.2. The Kier molecular flexibility index (Phi) is 8.02. The molecule has 8 nitrogen and oxygen atoms in total. The molecular weight excluding hydrogens is 448 g/mol.